The van der Waals surface area contributed by atoms with Crippen LogP contribution in [0.4, 0.5) is 0 Å². The number of ketones is 3. The van der Waals surface area contributed by atoms with Crippen LogP contribution in [0.3, 0.4) is 0 Å². The van der Waals surface area contributed by atoms with Gasteiger partial charge in [-0.3, -0.25) is 28.8 Å². The molecule has 3 saturated carbocycles. The highest BCUT2D eigenvalue weighted by atomic mass is 35.5. The third-order valence-corrected chi connectivity index (χ3v) is 18.2. The van der Waals surface area contributed by atoms with E-state index in [1.807, 2.05) is 48.1 Å². The Hall–Kier alpha value is -5.45. The number of carbonyl (C=O) groups excluding carboxylic acids is 3. The van der Waals surface area contributed by atoms with Crippen LogP contribution in [0.15, 0.2) is 114 Å². The summed E-state index contributed by atoms with van der Waals surface area (Å²) in [5, 5.41) is 30.0. The number of aromatic nitrogens is 2. The van der Waals surface area contributed by atoms with Gasteiger partial charge in [-0.25, -0.2) is 9.48 Å². The molecule has 4 fully saturated rings. The minimum atomic E-state index is -1.20. The SMILES string of the molecule is C=C(CC)C(=O)c1ccc(OCC(=O)O)c(Cl)c1Cl.CC(C)c1c(CN(C)C(C)Cc2ccccc2)n(C)n(-c2ccccc2)c1=O.CCC[C@@H]1O[C@@H]2C[C@H]3[C@@H]4CCC5=CC(=O)C=C[C@]5(C)[C@H]4[C@@H](O)C[C@]3(C)[C@]2(C(=O)CO)O1. The molecule has 1 aromatic heterocycles. The number of likely N-dealkylation sites (N-methyl/N-ethyl adjacent to an activating group) is 1. The van der Waals surface area contributed by atoms with Crippen molar-refractivity contribution < 1.29 is 48.7 Å². The number of ether oxygens (including phenoxy) is 3. The van der Waals surface area contributed by atoms with Crippen LogP contribution < -0.4 is 10.3 Å². The maximum absolute atomic E-state index is 13.2. The van der Waals surface area contributed by atoms with Crippen molar-refractivity contribution in [2.75, 3.05) is 20.3 Å². The maximum Gasteiger partial charge on any atom is 0.341 e. The number of aliphatic hydroxyl groups is 2. The summed E-state index contributed by atoms with van der Waals surface area (Å²) in [5.41, 5.74) is 3.91. The van der Waals surface area contributed by atoms with E-state index in [1.54, 1.807) is 23.8 Å². The third-order valence-electron chi connectivity index (χ3n) is 17.3. The molecule has 0 radical (unpaired) electrons. The van der Waals surface area contributed by atoms with E-state index in [1.165, 1.54) is 17.7 Å². The number of allylic oxidation sites excluding steroid dienone is 5. The first-order chi connectivity index (χ1) is 37.0. The highest BCUT2D eigenvalue weighted by Gasteiger charge is 2.75. The summed E-state index contributed by atoms with van der Waals surface area (Å²) in [6.45, 7) is 17.8. The van der Waals surface area contributed by atoms with Crippen molar-refractivity contribution in [1.82, 2.24) is 14.3 Å². The molecule has 4 aliphatic carbocycles. The number of aliphatic hydroxyl groups excluding tert-OH is 2. The Balaban J connectivity index is 0.000000175. The number of carbonyl (C=O) groups is 4. The number of benzene rings is 3. The minimum Gasteiger partial charge on any atom is -0.480 e. The smallest absolute Gasteiger partial charge is 0.341 e. The average Bonchev–Trinajstić information content (AvgIpc) is 4.09. The fourth-order valence-corrected chi connectivity index (χ4v) is 13.7. The minimum absolute atomic E-state index is 0.0117. The van der Waals surface area contributed by atoms with Crippen LogP contribution in [0.25, 0.3) is 5.69 Å². The molecule has 0 amide bonds. The van der Waals surface area contributed by atoms with Crippen molar-refractivity contribution in [3.05, 3.63) is 152 Å². The van der Waals surface area contributed by atoms with Gasteiger partial charge in [0.15, 0.2) is 35.8 Å². The van der Waals surface area contributed by atoms with E-state index in [4.69, 9.17) is 42.5 Å². The van der Waals surface area contributed by atoms with E-state index in [0.717, 1.165) is 54.7 Å². The molecule has 1 saturated heterocycles. The van der Waals surface area contributed by atoms with Gasteiger partial charge in [-0.15, -0.1) is 0 Å². The predicted molar refractivity (Wildman–Crippen MR) is 302 cm³/mol. The second kappa shape index (κ2) is 24.9. The van der Waals surface area contributed by atoms with Gasteiger partial charge in [-0.2, -0.15) is 0 Å². The largest absolute Gasteiger partial charge is 0.480 e. The van der Waals surface area contributed by atoms with Crippen molar-refractivity contribution >= 4 is 46.5 Å². The zero-order valence-corrected chi connectivity index (χ0v) is 48.0. The molecule has 420 valence electrons. The molecule has 0 spiro atoms. The molecule has 14 nitrogen and oxygen atoms in total. The number of carboxylic acid groups (broad SMARTS) is 1. The number of aliphatic carboxylic acids is 1. The first-order valence-electron chi connectivity index (χ1n) is 27.2. The second-order valence-corrected chi connectivity index (χ2v) is 23.1. The van der Waals surface area contributed by atoms with Crippen LogP contribution in [0.5, 0.6) is 5.75 Å². The van der Waals surface area contributed by atoms with E-state index < -0.39 is 48.7 Å². The Morgan fingerprint density at radius 2 is 1.64 bits per heavy atom. The lowest BCUT2D eigenvalue weighted by atomic mass is 9.46. The van der Waals surface area contributed by atoms with E-state index in [2.05, 4.69) is 90.4 Å². The van der Waals surface area contributed by atoms with Gasteiger partial charge < -0.3 is 29.5 Å². The molecule has 1 aliphatic heterocycles. The number of para-hydroxylation sites is 1. The molecule has 0 bridgehead atoms. The molecule has 3 aromatic carbocycles. The summed E-state index contributed by atoms with van der Waals surface area (Å²) in [4.78, 5) is 63.1. The lowest BCUT2D eigenvalue weighted by Crippen LogP contribution is -2.63. The highest BCUT2D eigenvalue weighted by molar-refractivity contribution is 6.45. The lowest BCUT2D eigenvalue weighted by Gasteiger charge is -2.59. The van der Waals surface area contributed by atoms with E-state index in [-0.39, 0.29) is 73.4 Å². The van der Waals surface area contributed by atoms with Crippen LogP contribution in [-0.2, 0) is 43.9 Å². The Morgan fingerprint density at radius 3 is 2.26 bits per heavy atom. The van der Waals surface area contributed by atoms with Gasteiger partial charge in [0.25, 0.3) is 5.56 Å². The third kappa shape index (κ3) is 11.6. The molecule has 5 aliphatic rings. The normalized spacial score (nSPS) is 27.0. The lowest BCUT2D eigenvalue weighted by molar-refractivity contribution is -0.200. The fraction of sp³-hybridized carbons (Fsp3) is 0.500. The van der Waals surface area contributed by atoms with Gasteiger partial charge in [0.2, 0.25) is 0 Å². The number of carboxylic acids is 1. The van der Waals surface area contributed by atoms with Gasteiger partial charge in [-0.1, -0.05) is 138 Å². The molecule has 9 rings (SSSR count). The van der Waals surface area contributed by atoms with Crippen LogP contribution in [-0.4, -0.2) is 103 Å². The molecular weight excluding hydrogens is 1030 g/mol. The zero-order chi connectivity index (χ0) is 57.0. The number of halogens is 2. The van der Waals surface area contributed by atoms with Gasteiger partial charge >= 0.3 is 5.97 Å². The number of fused-ring (bicyclic) bond motifs is 7. The van der Waals surface area contributed by atoms with Gasteiger partial charge in [-0.05, 0) is 124 Å². The standard InChI is InChI=1S/C25H34O6.C24H31N3O.C13H12Cl2O4/c1-4-5-21-30-20-11-17-16-7-6-14-10-15(27)8-9-23(14,2)22(16)18(28)12-24(17,3)25(20,31-21)19(29)13-26;1-18(2)23-22(17-25(4)19(3)16-20-12-8-6-9-13-20)26(5)27(24(23)28)21-14-10-7-11-15-21;1-3-7(2)13(18)8-4-5-9(12(15)11(8)14)19-6-10(16)17/h8-10,16-18,20-22,26,28H,4-7,11-13H2,1-3H3;6-15,18-19H,16-17H2,1-5H3;4-5H,2-3,6H2,1H3,(H,16,17)/t16-,17-,18-,20+,21+,22+,23-,24-,25+;;/m0../s1. The zero-order valence-electron chi connectivity index (χ0n) is 46.5. The Labute approximate surface area is 468 Å². The van der Waals surface area contributed by atoms with Crippen LogP contribution in [0.1, 0.15) is 127 Å². The van der Waals surface area contributed by atoms with Gasteiger partial charge in [0.05, 0.1) is 28.6 Å². The van der Waals surface area contributed by atoms with Crippen molar-refractivity contribution in [3.63, 3.8) is 0 Å². The van der Waals surface area contributed by atoms with Gasteiger partial charge in [0, 0.05) is 47.5 Å². The first kappa shape index (κ1) is 60.2. The summed E-state index contributed by atoms with van der Waals surface area (Å²) in [6, 6.07) is 23.7. The monoisotopic (exact) mass is 1110 g/mol. The van der Waals surface area contributed by atoms with Crippen molar-refractivity contribution in [3.8, 4) is 11.4 Å². The summed E-state index contributed by atoms with van der Waals surface area (Å²) in [7, 11) is 4.13. The number of rotatable bonds is 17. The first-order valence-corrected chi connectivity index (χ1v) is 28.0. The van der Waals surface area contributed by atoms with E-state index in [9.17, 15) is 34.2 Å². The number of nitrogens with zero attached hydrogens (tertiary/aromatic N) is 3. The summed E-state index contributed by atoms with van der Waals surface area (Å²) < 4.78 is 21.4. The van der Waals surface area contributed by atoms with Crippen molar-refractivity contribution in [2.24, 2.45) is 35.6 Å². The van der Waals surface area contributed by atoms with Crippen molar-refractivity contribution in [2.45, 2.75) is 142 Å². The Bertz CT molecular complexity index is 2990. The molecule has 2 heterocycles. The number of hydrogen-bond donors (Lipinski definition) is 3. The average molecular weight is 1110 g/mol. The molecule has 4 aromatic rings. The maximum atomic E-state index is 13.2. The molecule has 10 atom stereocenters. The highest BCUT2D eigenvalue weighted by Crippen LogP contribution is 2.69. The van der Waals surface area contributed by atoms with E-state index >= 15 is 0 Å². The summed E-state index contributed by atoms with van der Waals surface area (Å²) >= 11 is 11.9. The number of hydrogen-bond acceptors (Lipinski definition) is 11. The fourth-order valence-electron chi connectivity index (χ4n) is 13.2. The van der Waals surface area contributed by atoms with Crippen molar-refractivity contribution in [1.29, 1.82) is 0 Å². The number of Topliss-reactive ketones (excluding diaryl/α,β-unsaturated/α-hetero) is 2. The topological polar surface area (TPSA) is 187 Å². The molecule has 78 heavy (non-hydrogen) atoms. The van der Waals surface area contributed by atoms with Gasteiger partial charge in [0.1, 0.15) is 17.4 Å². The second-order valence-electron chi connectivity index (χ2n) is 22.4. The molecule has 16 heteroatoms. The summed E-state index contributed by atoms with van der Waals surface area (Å²) in [6.07, 6.45) is 9.81. The Kier molecular flexibility index (Phi) is 19.2. The Morgan fingerprint density at radius 1 is 0.974 bits per heavy atom. The molecule has 1 unspecified atom stereocenters. The molecular formula is C62H77Cl2N3O11. The molecule has 3 N–H and O–H groups in total. The predicted octanol–water partition coefficient (Wildman–Crippen LogP) is 10.7. The van der Waals surface area contributed by atoms with Crippen LogP contribution in [0.2, 0.25) is 10.0 Å². The quantitative estimate of drug-likeness (QED) is 0.0672. The van der Waals surface area contributed by atoms with Crippen LogP contribution in [0, 0.1) is 28.6 Å². The summed E-state index contributed by atoms with van der Waals surface area (Å²) in [5.74, 6) is -1.10. The van der Waals surface area contributed by atoms with E-state index in [0.29, 0.717) is 37.3 Å². The van der Waals surface area contributed by atoms with Crippen LogP contribution >= 0.6 is 23.2 Å².